The molecule has 1 aliphatic heterocycles. The molecule has 0 amide bonds. The lowest BCUT2D eigenvalue weighted by molar-refractivity contribution is 0.274. The molecule has 1 saturated heterocycles. The van der Waals surface area contributed by atoms with E-state index in [2.05, 4.69) is 10.2 Å². The Kier molecular flexibility index (Phi) is 2.84. The molecule has 0 aromatic heterocycles. The van der Waals surface area contributed by atoms with E-state index in [0.717, 1.165) is 32.2 Å². The van der Waals surface area contributed by atoms with Gasteiger partial charge in [0.2, 0.25) is 0 Å². The summed E-state index contributed by atoms with van der Waals surface area (Å²) in [5.74, 6) is 0.187. The molecule has 4 nitrogen and oxygen atoms in total. The summed E-state index contributed by atoms with van der Waals surface area (Å²) in [7, 11) is 0. The van der Waals surface area contributed by atoms with Crippen molar-refractivity contribution in [3.63, 3.8) is 0 Å². The van der Waals surface area contributed by atoms with Crippen LogP contribution in [-0.2, 0) is 0 Å². The second-order valence-corrected chi connectivity index (χ2v) is 2.74. The molecule has 4 heteroatoms. The molecule has 0 aliphatic carbocycles. The number of piperazine rings is 1. The molecule has 1 aliphatic rings. The minimum Gasteiger partial charge on any atom is -0.386 e. The highest BCUT2D eigenvalue weighted by Crippen LogP contribution is 2.06. The van der Waals surface area contributed by atoms with Gasteiger partial charge in [0.1, 0.15) is 11.9 Å². The standard InChI is InChI=1S/C7H15N4/c1-6(7(8)9)11-4-2-10-3-5-11/h10H,2-5H2,1H3,(H3,8,9). The average molecular weight is 155 g/mol. The smallest absolute Gasteiger partial charge is 0.114 e. The van der Waals surface area contributed by atoms with Crippen molar-refractivity contribution in [1.29, 1.82) is 5.41 Å². The van der Waals surface area contributed by atoms with Gasteiger partial charge in [-0.2, -0.15) is 0 Å². The minimum absolute atomic E-state index is 0.187. The summed E-state index contributed by atoms with van der Waals surface area (Å²) in [6, 6.07) is 0.895. The van der Waals surface area contributed by atoms with Gasteiger partial charge in [0.05, 0.1) is 0 Å². The Hall–Kier alpha value is -0.610. The fourth-order valence-corrected chi connectivity index (χ4v) is 1.17. The largest absolute Gasteiger partial charge is 0.386 e. The third-order valence-corrected chi connectivity index (χ3v) is 1.98. The molecule has 1 rings (SSSR count). The molecule has 0 aromatic carbocycles. The first-order chi connectivity index (χ1) is 5.22. The number of nitrogens with one attached hydrogen (secondary N) is 2. The van der Waals surface area contributed by atoms with Gasteiger partial charge in [-0.05, 0) is 6.92 Å². The van der Waals surface area contributed by atoms with Crippen LogP contribution in [-0.4, -0.2) is 36.9 Å². The summed E-state index contributed by atoms with van der Waals surface area (Å²) in [6.07, 6.45) is 0. The summed E-state index contributed by atoms with van der Waals surface area (Å²) in [6.45, 7) is 5.81. The maximum absolute atomic E-state index is 7.22. The van der Waals surface area contributed by atoms with Crippen LogP contribution in [0.3, 0.4) is 0 Å². The Morgan fingerprint density at radius 1 is 1.45 bits per heavy atom. The van der Waals surface area contributed by atoms with Gasteiger partial charge in [0.15, 0.2) is 0 Å². The quantitative estimate of drug-likeness (QED) is 0.368. The number of nitrogens with two attached hydrogens (primary N) is 1. The molecule has 1 radical (unpaired) electrons. The Balaban J connectivity index is 2.38. The number of hydrogen-bond donors (Lipinski definition) is 3. The van der Waals surface area contributed by atoms with Crippen LogP contribution in [0.1, 0.15) is 6.92 Å². The monoisotopic (exact) mass is 155 g/mol. The Morgan fingerprint density at radius 3 is 2.45 bits per heavy atom. The summed E-state index contributed by atoms with van der Waals surface area (Å²) in [5, 5.41) is 10.5. The van der Waals surface area contributed by atoms with E-state index in [1.807, 2.05) is 6.92 Å². The van der Waals surface area contributed by atoms with E-state index >= 15 is 0 Å². The summed E-state index contributed by atoms with van der Waals surface area (Å²) in [4.78, 5) is 2.14. The van der Waals surface area contributed by atoms with Crippen LogP contribution in [0.4, 0.5) is 0 Å². The van der Waals surface area contributed by atoms with Crippen LogP contribution in [0.5, 0.6) is 0 Å². The van der Waals surface area contributed by atoms with E-state index in [1.54, 1.807) is 0 Å². The highest BCUT2D eigenvalue weighted by Gasteiger charge is 2.18. The van der Waals surface area contributed by atoms with E-state index in [1.165, 1.54) is 0 Å². The van der Waals surface area contributed by atoms with Gasteiger partial charge in [-0.15, -0.1) is 0 Å². The molecule has 63 valence electrons. The molecule has 0 atom stereocenters. The first-order valence-corrected chi connectivity index (χ1v) is 3.85. The van der Waals surface area contributed by atoms with Crippen molar-refractivity contribution in [2.45, 2.75) is 6.92 Å². The maximum Gasteiger partial charge on any atom is 0.114 e. The van der Waals surface area contributed by atoms with Crippen molar-refractivity contribution in [2.24, 2.45) is 5.73 Å². The van der Waals surface area contributed by atoms with Crippen molar-refractivity contribution in [1.82, 2.24) is 10.2 Å². The lowest BCUT2D eigenvalue weighted by Crippen LogP contribution is -2.47. The zero-order chi connectivity index (χ0) is 8.27. The van der Waals surface area contributed by atoms with Gasteiger partial charge >= 0.3 is 0 Å². The predicted octanol–water partition coefficient (Wildman–Crippen LogP) is -0.621. The van der Waals surface area contributed by atoms with Gasteiger partial charge in [-0.25, -0.2) is 0 Å². The van der Waals surface area contributed by atoms with Crippen molar-refractivity contribution in [3.05, 3.63) is 6.04 Å². The van der Waals surface area contributed by atoms with Crippen molar-refractivity contribution < 1.29 is 0 Å². The Morgan fingerprint density at radius 2 is 2.00 bits per heavy atom. The normalized spacial score (nSPS) is 20.5. The van der Waals surface area contributed by atoms with Gasteiger partial charge in [-0.1, -0.05) is 0 Å². The van der Waals surface area contributed by atoms with Crippen LogP contribution >= 0.6 is 0 Å². The molecule has 11 heavy (non-hydrogen) atoms. The number of amidine groups is 1. The third kappa shape index (κ3) is 2.17. The fraction of sp³-hybridized carbons (Fsp3) is 0.714. The predicted molar refractivity (Wildman–Crippen MR) is 45.3 cm³/mol. The van der Waals surface area contributed by atoms with Crippen LogP contribution < -0.4 is 11.1 Å². The summed E-state index contributed by atoms with van der Waals surface area (Å²) < 4.78 is 0. The molecule has 0 bridgehead atoms. The Bertz CT molecular complexity index is 139. The van der Waals surface area contributed by atoms with E-state index < -0.39 is 0 Å². The van der Waals surface area contributed by atoms with Gasteiger partial charge in [0.25, 0.3) is 0 Å². The lowest BCUT2D eigenvalue weighted by atomic mass is 10.2. The maximum atomic E-state index is 7.22. The van der Waals surface area contributed by atoms with Crippen LogP contribution in [0.25, 0.3) is 0 Å². The lowest BCUT2D eigenvalue weighted by Gasteiger charge is -2.31. The summed E-state index contributed by atoms with van der Waals surface area (Å²) in [5.41, 5.74) is 5.35. The SMILES string of the molecule is C[C](C(=N)N)N1CCNCC1. The highest BCUT2D eigenvalue weighted by atomic mass is 15.2. The molecule has 0 spiro atoms. The molecule has 0 saturated carbocycles. The van der Waals surface area contributed by atoms with Crippen LogP contribution in [0.15, 0.2) is 0 Å². The van der Waals surface area contributed by atoms with Gasteiger partial charge in [-0.3, -0.25) is 10.3 Å². The van der Waals surface area contributed by atoms with Crippen molar-refractivity contribution in [3.8, 4) is 0 Å². The number of hydrogen-bond acceptors (Lipinski definition) is 3. The van der Waals surface area contributed by atoms with Gasteiger partial charge < -0.3 is 11.1 Å². The molecular formula is C7H15N4. The zero-order valence-corrected chi connectivity index (χ0v) is 6.85. The molecule has 0 unspecified atom stereocenters. The first kappa shape index (κ1) is 8.49. The fourth-order valence-electron chi connectivity index (χ4n) is 1.17. The molecule has 4 N–H and O–H groups in total. The third-order valence-electron chi connectivity index (χ3n) is 1.98. The topological polar surface area (TPSA) is 65.1 Å². The molecule has 1 heterocycles. The van der Waals surface area contributed by atoms with E-state index in [9.17, 15) is 0 Å². The van der Waals surface area contributed by atoms with Crippen molar-refractivity contribution >= 4 is 5.84 Å². The number of nitrogens with zero attached hydrogens (tertiary/aromatic N) is 1. The first-order valence-electron chi connectivity index (χ1n) is 3.85. The van der Waals surface area contributed by atoms with E-state index in [4.69, 9.17) is 11.1 Å². The van der Waals surface area contributed by atoms with Crippen LogP contribution in [0, 0.1) is 11.5 Å². The Labute approximate surface area is 67.3 Å². The zero-order valence-electron chi connectivity index (χ0n) is 6.85. The second-order valence-electron chi connectivity index (χ2n) is 2.74. The number of rotatable bonds is 2. The van der Waals surface area contributed by atoms with Crippen LogP contribution in [0.2, 0.25) is 0 Å². The molecule has 0 aromatic rings. The molecule has 1 fully saturated rings. The molecular weight excluding hydrogens is 140 g/mol. The van der Waals surface area contributed by atoms with E-state index in [-0.39, 0.29) is 5.84 Å². The summed E-state index contributed by atoms with van der Waals surface area (Å²) >= 11 is 0. The minimum atomic E-state index is 0.187. The highest BCUT2D eigenvalue weighted by molar-refractivity contribution is 5.89. The van der Waals surface area contributed by atoms with E-state index in [0.29, 0.717) is 0 Å². The average Bonchev–Trinajstić information content (AvgIpc) is 2.05. The van der Waals surface area contributed by atoms with Crippen molar-refractivity contribution in [2.75, 3.05) is 26.2 Å². The second kappa shape index (κ2) is 3.69. The van der Waals surface area contributed by atoms with Gasteiger partial charge in [0, 0.05) is 26.2 Å².